The number of nitrogens with zero attached hydrogens (tertiary/aromatic N) is 3. The van der Waals surface area contributed by atoms with E-state index < -0.39 is 0 Å². The van der Waals surface area contributed by atoms with Crippen molar-refractivity contribution in [3.63, 3.8) is 0 Å². The molecule has 1 N–H and O–H groups in total. The van der Waals surface area contributed by atoms with E-state index in [-0.39, 0.29) is 5.75 Å². The highest BCUT2D eigenvalue weighted by Gasteiger charge is 2.04. The van der Waals surface area contributed by atoms with Crippen molar-refractivity contribution in [3.05, 3.63) is 24.2 Å². The van der Waals surface area contributed by atoms with Crippen LogP contribution in [0.25, 0.3) is 5.65 Å². The molecule has 0 saturated carbocycles. The standard InChI is InChI=1S/C9H11N3O2/c1-14-5-4-9-11-10-8-3-2-7(13)6-12(8)9/h2-3,6,13H,4-5H2,1H3. The second kappa shape index (κ2) is 3.63. The van der Waals surface area contributed by atoms with Crippen LogP contribution in [-0.2, 0) is 11.2 Å². The van der Waals surface area contributed by atoms with E-state index in [1.807, 2.05) is 0 Å². The lowest BCUT2D eigenvalue weighted by molar-refractivity contribution is 0.200. The van der Waals surface area contributed by atoms with Crippen LogP contribution in [0.3, 0.4) is 0 Å². The summed E-state index contributed by atoms with van der Waals surface area (Å²) in [6.07, 6.45) is 2.28. The van der Waals surface area contributed by atoms with Gasteiger partial charge < -0.3 is 9.84 Å². The lowest BCUT2D eigenvalue weighted by Gasteiger charge is -1.99. The molecule has 0 amide bonds. The third-order valence-corrected chi connectivity index (χ3v) is 1.99. The number of hydrogen-bond acceptors (Lipinski definition) is 4. The zero-order valence-corrected chi connectivity index (χ0v) is 7.84. The van der Waals surface area contributed by atoms with E-state index in [9.17, 15) is 5.11 Å². The summed E-state index contributed by atoms with van der Waals surface area (Å²) in [5, 5.41) is 17.2. The summed E-state index contributed by atoms with van der Waals surface area (Å²) in [7, 11) is 1.64. The Balaban J connectivity index is 2.40. The summed E-state index contributed by atoms with van der Waals surface area (Å²) in [5.74, 6) is 0.994. The van der Waals surface area contributed by atoms with Crippen LogP contribution in [-0.4, -0.2) is 33.4 Å². The fraction of sp³-hybridized carbons (Fsp3) is 0.333. The predicted molar refractivity (Wildman–Crippen MR) is 50.2 cm³/mol. The smallest absolute Gasteiger partial charge is 0.161 e. The molecule has 14 heavy (non-hydrogen) atoms. The van der Waals surface area contributed by atoms with E-state index in [0.29, 0.717) is 13.0 Å². The topological polar surface area (TPSA) is 59.7 Å². The molecular formula is C9H11N3O2. The number of aromatic hydroxyl groups is 1. The van der Waals surface area contributed by atoms with Crippen molar-refractivity contribution in [2.75, 3.05) is 13.7 Å². The molecule has 0 aliphatic carbocycles. The van der Waals surface area contributed by atoms with Gasteiger partial charge >= 0.3 is 0 Å². The lowest BCUT2D eigenvalue weighted by Crippen LogP contribution is -2.00. The highest BCUT2D eigenvalue weighted by molar-refractivity contribution is 5.40. The SMILES string of the molecule is COCCc1nnc2ccc(O)cn12. The quantitative estimate of drug-likeness (QED) is 0.776. The molecule has 5 heteroatoms. The largest absolute Gasteiger partial charge is 0.506 e. The van der Waals surface area contributed by atoms with Crippen LogP contribution < -0.4 is 0 Å². The van der Waals surface area contributed by atoms with E-state index in [2.05, 4.69) is 10.2 Å². The first kappa shape index (κ1) is 8.96. The molecule has 0 radical (unpaired) electrons. The molecule has 0 saturated heterocycles. The van der Waals surface area contributed by atoms with Crippen LogP contribution in [0.4, 0.5) is 0 Å². The fourth-order valence-electron chi connectivity index (χ4n) is 1.29. The molecule has 5 nitrogen and oxygen atoms in total. The first-order valence-electron chi connectivity index (χ1n) is 4.33. The number of rotatable bonds is 3. The maximum absolute atomic E-state index is 9.29. The van der Waals surface area contributed by atoms with Gasteiger partial charge in [-0.05, 0) is 12.1 Å². The van der Waals surface area contributed by atoms with Gasteiger partial charge in [0.2, 0.25) is 0 Å². The average Bonchev–Trinajstić information content (AvgIpc) is 2.57. The Hall–Kier alpha value is -1.62. The predicted octanol–water partition coefficient (Wildman–Crippen LogP) is 0.624. The molecule has 0 atom stereocenters. The summed E-state index contributed by atoms with van der Waals surface area (Å²) >= 11 is 0. The van der Waals surface area contributed by atoms with E-state index in [0.717, 1.165) is 11.5 Å². The van der Waals surface area contributed by atoms with Crippen LogP contribution in [0, 0.1) is 0 Å². The van der Waals surface area contributed by atoms with E-state index >= 15 is 0 Å². The molecule has 0 aromatic carbocycles. The minimum atomic E-state index is 0.205. The van der Waals surface area contributed by atoms with E-state index in [1.165, 1.54) is 0 Å². The first-order valence-corrected chi connectivity index (χ1v) is 4.33. The van der Waals surface area contributed by atoms with Crippen LogP contribution in [0.2, 0.25) is 0 Å². The van der Waals surface area contributed by atoms with Crippen molar-refractivity contribution in [1.29, 1.82) is 0 Å². The zero-order chi connectivity index (χ0) is 9.97. The molecule has 2 aromatic rings. The van der Waals surface area contributed by atoms with E-state index in [4.69, 9.17) is 4.74 Å². The Morgan fingerprint density at radius 3 is 3.07 bits per heavy atom. The second-order valence-corrected chi connectivity index (χ2v) is 2.97. The van der Waals surface area contributed by atoms with Gasteiger partial charge in [0.25, 0.3) is 0 Å². The molecule has 0 spiro atoms. The maximum atomic E-state index is 9.29. The van der Waals surface area contributed by atoms with Crippen LogP contribution >= 0.6 is 0 Å². The molecule has 74 valence electrons. The third kappa shape index (κ3) is 1.54. The number of aromatic nitrogens is 3. The molecule has 0 unspecified atom stereocenters. The van der Waals surface area contributed by atoms with Crippen molar-refractivity contribution in [2.24, 2.45) is 0 Å². The number of methoxy groups -OCH3 is 1. The summed E-state index contributed by atoms with van der Waals surface area (Å²) in [5.41, 5.74) is 0.730. The summed E-state index contributed by atoms with van der Waals surface area (Å²) in [4.78, 5) is 0. The van der Waals surface area contributed by atoms with Crippen molar-refractivity contribution in [1.82, 2.24) is 14.6 Å². The molecular weight excluding hydrogens is 182 g/mol. The second-order valence-electron chi connectivity index (χ2n) is 2.97. The molecule has 0 bridgehead atoms. The Labute approximate surface area is 81.0 Å². The number of pyridine rings is 1. The van der Waals surface area contributed by atoms with Crippen molar-refractivity contribution in [2.45, 2.75) is 6.42 Å². The number of fused-ring (bicyclic) bond motifs is 1. The number of hydrogen-bond donors (Lipinski definition) is 1. The van der Waals surface area contributed by atoms with Gasteiger partial charge in [-0.2, -0.15) is 0 Å². The Bertz CT molecular complexity index is 439. The van der Waals surface area contributed by atoms with Gasteiger partial charge in [-0.15, -0.1) is 10.2 Å². The minimum Gasteiger partial charge on any atom is -0.506 e. The lowest BCUT2D eigenvalue weighted by atomic mass is 10.4. The minimum absolute atomic E-state index is 0.205. The summed E-state index contributed by atoms with van der Waals surface area (Å²) < 4.78 is 6.71. The van der Waals surface area contributed by atoms with Gasteiger partial charge in [-0.25, -0.2) is 0 Å². The Morgan fingerprint density at radius 1 is 1.43 bits per heavy atom. The van der Waals surface area contributed by atoms with Crippen molar-refractivity contribution in [3.8, 4) is 5.75 Å². The highest BCUT2D eigenvalue weighted by atomic mass is 16.5. The molecule has 0 fully saturated rings. The van der Waals surface area contributed by atoms with Gasteiger partial charge in [-0.1, -0.05) is 0 Å². The Morgan fingerprint density at radius 2 is 2.29 bits per heavy atom. The van der Waals surface area contributed by atoms with Crippen LogP contribution in [0.15, 0.2) is 18.3 Å². The van der Waals surface area contributed by atoms with Gasteiger partial charge in [-0.3, -0.25) is 4.40 Å². The summed E-state index contributed by atoms with van der Waals surface area (Å²) in [6.45, 7) is 0.594. The van der Waals surface area contributed by atoms with Gasteiger partial charge in [0, 0.05) is 13.5 Å². The third-order valence-electron chi connectivity index (χ3n) is 1.99. The fourth-order valence-corrected chi connectivity index (χ4v) is 1.29. The van der Waals surface area contributed by atoms with Crippen molar-refractivity contribution < 1.29 is 9.84 Å². The maximum Gasteiger partial charge on any atom is 0.161 e. The average molecular weight is 193 g/mol. The zero-order valence-electron chi connectivity index (χ0n) is 7.84. The molecule has 0 aliphatic heterocycles. The van der Waals surface area contributed by atoms with E-state index in [1.54, 1.807) is 29.8 Å². The highest BCUT2D eigenvalue weighted by Crippen LogP contribution is 2.11. The molecule has 2 heterocycles. The monoisotopic (exact) mass is 193 g/mol. The normalized spacial score (nSPS) is 10.9. The van der Waals surface area contributed by atoms with Crippen LogP contribution in [0.5, 0.6) is 5.75 Å². The van der Waals surface area contributed by atoms with Gasteiger partial charge in [0.05, 0.1) is 12.8 Å². The molecule has 0 aliphatic rings. The Kier molecular flexibility index (Phi) is 2.32. The van der Waals surface area contributed by atoms with Crippen LogP contribution in [0.1, 0.15) is 5.82 Å². The van der Waals surface area contributed by atoms with Crippen molar-refractivity contribution >= 4 is 5.65 Å². The molecule has 2 rings (SSSR count). The summed E-state index contributed by atoms with van der Waals surface area (Å²) in [6, 6.07) is 3.31. The van der Waals surface area contributed by atoms with Gasteiger partial charge in [0.1, 0.15) is 11.6 Å². The first-order chi connectivity index (χ1) is 6.81. The number of ether oxygens (including phenoxy) is 1. The van der Waals surface area contributed by atoms with Gasteiger partial charge in [0.15, 0.2) is 5.65 Å². The molecule has 2 aromatic heterocycles.